The van der Waals surface area contributed by atoms with Crippen LogP contribution < -0.4 is 0 Å². The van der Waals surface area contributed by atoms with Crippen LogP contribution in [0.3, 0.4) is 0 Å². The van der Waals surface area contributed by atoms with Gasteiger partial charge in [0, 0.05) is 6.54 Å². The van der Waals surface area contributed by atoms with Crippen LogP contribution in [0.25, 0.3) is 0 Å². The molecule has 0 amide bonds. The minimum Gasteiger partial charge on any atom is -0.508 e. The highest BCUT2D eigenvalue weighted by atomic mass is 16.3. The summed E-state index contributed by atoms with van der Waals surface area (Å²) in [7, 11) is 2.22. The molecule has 1 aliphatic carbocycles. The van der Waals surface area contributed by atoms with E-state index in [0.717, 1.165) is 5.92 Å². The Morgan fingerprint density at radius 2 is 2.24 bits per heavy atom. The van der Waals surface area contributed by atoms with Crippen molar-refractivity contribution in [3.8, 4) is 5.75 Å². The number of aryl methyl sites for hydroxylation is 1. The number of benzene rings is 1. The molecule has 0 spiro atoms. The second-order valence-electron chi connectivity index (χ2n) is 6.01. The molecule has 0 aromatic heterocycles. The molecular formula is C15H21NO. The van der Waals surface area contributed by atoms with Gasteiger partial charge in [0.2, 0.25) is 0 Å². The van der Waals surface area contributed by atoms with Crippen LogP contribution in [0.2, 0.25) is 0 Å². The lowest BCUT2D eigenvalue weighted by atomic mass is 9.61. The van der Waals surface area contributed by atoms with E-state index in [1.54, 1.807) is 0 Å². The molecule has 1 N–H and O–H groups in total. The number of piperidine rings is 1. The van der Waals surface area contributed by atoms with Crippen LogP contribution in [-0.2, 0) is 11.8 Å². The van der Waals surface area contributed by atoms with Crippen LogP contribution in [0.4, 0.5) is 0 Å². The Kier molecular flexibility index (Phi) is 2.44. The Balaban J connectivity index is 2.06. The van der Waals surface area contributed by atoms with Crippen molar-refractivity contribution in [1.29, 1.82) is 0 Å². The lowest BCUT2D eigenvalue weighted by Gasteiger charge is -2.49. The molecule has 1 aliphatic heterocycles. The summed E-state index contributed by atoms with van der Waals surface area (Å²) in [5.41, 5.74) is 3.13. The molecule has 1 fully saturated rings. The fraction of sp³-hybridized carbons (Fsp3) is 0.600. The molecule has 17 heavy (non-hydrogen) atoms. The molecule has 1 aromatic carbocycles. The smallest absolute Gasteiger partial charge is 0.115 e. The Bertz CT molecular complexity index is 443. The molecule has 2 nitrogen and oxygen atoms in total. The zero-order valence-corrected chi connectivity index (χ0v) is 10.7. The van der Waals surface area contributed by atoms with Gasteiger partial charge in [-0.15, -0.1) is 0 Å². The van der Waals surface area contributed by atoms with Gasteiger partial charge in [-0.3, -0.25) is 0 Å². The molecule has 1 heterocycles. The van der Waals surface area contributed by atoms with Gasteiger partial charge in [0.15, 0.2) is 0 Å². The number of nitrogens with zero attached hydrogens (tertiary/aromatic N) is 1. The van der Waals surface area contributed by atoms with Crippen LogP contribution in [0, 0.1) is 5.92 Å². The second-order valence-corrected chi connectivity index (χ2v) is 6.01. The third kappa shape index (κ3) is 1.66. The molecule has 1 saturated heterocycles. The summed E-state index contributed by atoms with van der Waals surface area (Å²) in [6.45, 7) is 4.76. The van der Waals surface area contributed by atoms with E-state index in [-0.39, 0.29) is 5.41 Å². The Morgan fingerprint density at radius 1 is 1.41 bits per heavy atom. The third-order valence-corrected chi connectivity index (χ3v) is 4.92. The van der Waals surface area contributed by atoms with Crippen LogP contribution >= 0.6 is 0 Å². The largest absolute Gasteiger partial charge is 0.508 e. The van der Waals surface area contributed by atoms with E-state index in [9.17, 15) is 5.11 Å². The summed E-state index contributed by atoms with van der Waals surface area (Å²) in [4.78, 5) is 2.44. The van der Waals surface area contributed by atoms with Gasteiger partial charge in [0.05, 0.1) is 0 Å². The average molecular weight is 231 g/mol. The van der Waals surface area contributed by atoms with Crippen molar-refractivity contribution >= 4 is 0 Å². The number of hydrogen-bond acceptors (Lipinski definition) is 2. The predicted octanol–water partition coefficient (Wildman–Crippen LogP) is 2.55. The van der Waals surface area contributed by atoms with Crippen LogP contribution in [-0.4, -0.2) is 30.1 Å². The van der Waals surface area contributed by atoms with Crippen molar-refractivity contribution in [2.75, 3.05) is 20.1 Å². The quantitative estimate of drug-likeness (QED) is 0.741. The lowest BCUT2D eigenvalue weighted by molar-refractivity contribution is 0.106. The van der Waals surface area contributed by atoms with Crippen molar-refractivity contribution in [2.45, 2.75) is 31.6 Å². The molecule has 92 valence electrons. The number of aromatic hydroxyl groups is 1. The molecule has 0 radical (unpaired) electrons. The van der Waals surface area contributed by atoms with Crippen molar-refractivity contribution in [2.24, 2.45) is 5.92 Å². The summed E-state index contributed by atoms with van der Waals surface area (Å²) in [6.07, 6.45) is 3.67. The number of fused-ring (bicyclic) bond motifs is 3. The van der Waals surface area contributed by atoms with E-state index in [0.29, 0.717) is 5.75 Å². The van der Waals surface area contributed by atoms with Crippen molar-refractivity contribution in [1.82, 2.24) is 4.90 Å². The Labute approximate surface area is 103 Å². The fourth-order valence-corrected chi connectivity index (χ4v) is 3.70. The summed E-state index contributed by atoms with van der Waals surface area (Å²) < 4.78 is 0. The summed E-state index contributed by atoms with van der Waals surface area (Å²) >= 11 is 0. The van der Waals surface area contributed by atoms with E-state index >= 15 is 0 Å². The van der Waals surface area contributed by atoms with Crippen LogP contribution in [0.15, 0.2) is 18.2 Å². The minimum absolute atomic E-state index is 0.277. The normalized spacial score (nSPS) is 32.9. The van der Waals surface area contributed by atoms with E-state index in [2.05, 4.69) is 24.9 Å². The van der Waals surface area contributed by atoms with Crippen molar-refractivity contribution in [3.63, 3.8) is 0 Å². The zero-order valence-electron chi connectivity index (χ0n) is 10.7. The monoisotopic (exact) mass is 231 g/mol. The maximum atomic E-state index is 9.73. The molecule has 1 aromatic rings. The fourth-order valence-electron chi connectivity index (χ4n) is 3.70. The number of likely N-dealkylation sites (tertiary alicyclic amines) is 1. The zero-order chi connectivity index (χ0) is 12.0. The molecule has 0 unspecified atom stereocenters. The summed E-state index contributed by atoms with van der Waals surface area (Å²) in [5, 5.41) is 9.73. The molecule has 0 saturated carbocycles. The molecule has 0 bridgehead atoms. The maximum Gasteiger partial charge on any atom is 0.115 e. The van der Waals surface area contributed by atoms with E-state index < -0.39 is 0 Å². The van der Waals surface area contributed by atoms with E-state index in [1.807, 2.05) is 12.1 Å². The first-order valence-electron chi connectivity index (χ1n) is 6.60. The first kappa shape index (κ1) is 11.1. The van der Waals surface area contributed by atoms with Crippen molar-refractivity contribution in [3.05, 3.63) is 29.3 Å². The van der Waals surface area contributed by atoms with Gasteiger partial charge >= 0.3 is 0 Å². The van der Waals surface area contributed by atoms with Gasteiger partial charge in [-0.1, -0.05) is 13.0 Å². The molecule has 3 rings (SSSR count). The van der Waals surface area contributed by atoms with Gasteiger partial charge in [-0.2, -0.15) is 0 Å². The standard InChI is InChI=1S/C15H21NO/c1-15-7-8-16(2)10-12(15)5-3-11-4-6-13(17)9-14(11)15/h4,6,9,12,17H,3,5,7-8,10H2,1-2H3/t12-,15+/m0/s1. The van der Waals surface area contributed by atoms with Crippen LogP contribution in [0.1, 0.15) is 30.9 Å². The number of hydrogen-bond donors (Lipinski definition) is 1. The number of phenols is 1. The molecular weight excluding hydrogens is 210 g/mol. The van der Waals surface area contributed by atoms with Crippen molar-refractivity contribution < 1.29 is 5.11 Å². The van der Waals surface area contributed by atoms with Gasteiger partial charge < -0.3 is 10.0 Å². The molecule has 2 atom stereocenters. The summed E-state index contributed by atoms with van der Waals surface area (Å²) in [5.74, 6) is 1.17. The van der Waals surface area contributed by atoms with E-state index in [1.165, 1.54) is 43.5 Å². The highest BCUT2D eigenvalue weighted by molar-refractivity contribution is 5.42. The van der Waals surface area contributed by atoms with Gasteiger partial charge in [0.1, 0.15) is 5.75 Å². The number of phenolic OH excluding ortho intramolecular Hbond substituents is 1. The minimum atomic E-state index is 0.277. The first-order chi connectivity index (χ1) is 8.09. The van der Waals surface area contributed by atoms with Crippen LogP contribution in [0.5, 0.6) is 5.75 Å². The third-order valence-electron chi connectivity index (χ3n) is 4.92. The topological polar surface area (TPSA) is 23.5 Å². The highest BCUT2D eigenvalue weighted by Crippen LogP contribution is 2.47. The van der Waals surface area contributed by atoms with Gasteiger partial charge in [-0.05, 0) is 67.4 Å². The van der Waals surface area contributed by atoms with Gasteiger partial charge in [0.25, 0.3) is 0 Å². The SMILES string of the molecule is CN1CC[C@@]2(C)c3cc(O)ccc3CC[C@H]2C1. The molecule has 2 heteroatoms. The Hall–Kier alpha value is -1.02. The first-order valence-corrected chi connectivity index (χ1v) is 6.60. The second kappa shape index (κ2) is 3.74. The Morgan fingerprint density at radius 3 is 3.06 bits per heavy atom. The highest BCUT2D eigenvalue weighted by Gasteiger charge is 2.43. The average Bonchev–Trinajstić information content (AvgIpc) is 2.31. The van der Waals surface area contributed by atoms with E-state index in [4.69, 9.17) is 0 Å². The molecule has 2 aliphatic rings. The number of rotatable bonds is 0. The summed E-state index contributed by atoms with van der Waals surface area (Å²) in [6, 6.07) is 5.95. The predicted molar refractivity (Wildman–Crippen MR) is 69.4 cm³/mol. The lowest BCUT2D eigenvalue weighted by Crippen LogP contribution is -2.49. The van der Waals surface area contributed by atoms with Gasteiger partial charge in [-0.25, -0.2) is 0 Å². The maximum absolute atomic E-state index is 9.73.